The predicted molar refractivity (Wildman–Crippen MR) is 82.5 cm³/mol. The fraction of sp³-hybridized carbons (Fsp3) is 0.250. The van der Waals surface area contributed by atoms with E-state index in [1.54, 1.807) is 0 Å². The number of nitrogens with two attached hydrogens (primary N) is 1. The summed E-state index contributed by atoms with van der Waals surface area (Å²) >= 11 is 0. The number of aliphatic hydroxyl groups is 1. The molecule has 0 amide bonds. The van der Waals surface area contributed by atoms with Crippen molar-refractivity contribution in [2.75, 3.05) is 6.61 Å². The van der Waals surface area contributed by atoms with Crippen molar-refractivity contribution in [1.29, 1.82) is 0 Å². The van der Waals surface area contributed by atoms with Crippen molar-refractivity contribution in [1.82, 2.24) is 0 Å². The second-order valence-electron chi connectivity index (χ2n) is 4.61. The van der Waals surface area contributed by atoms with Gasteiger partial charge in [-0.25, -0.2) is 0 Å². The van der Waals surface area contributed by atoms with Gasteiger partial charge in [-0.15, -0.1) is 12.4 Å². The van der Waals surface area contributed by atoms with Crippen LogP contribution in [-0.2, 0) is 0 Å². The van der Waals surface area contributed by atoms with E-state index in [-0.39, 0.29) is 25.1 Å². The van der Waals surface area contributed by atoms with Gasteiger partial charge < -0.3 is 10.8 Å². The highest BCUT2D eigenvalue weighted by Crippen LogP contribution is 2.23. The van der Waals surface area contributed by atoms with Crippen molar-refractivity contribution >= 4 is 12.4 Å². The van der Waals surface area contributed by atoms with E-state index in [1.807, 2.05) is 12.1 Å². The van der Waals surface area contributed by atoms with Gasteiger partial charge in [0, 0.05) is 12.6 Å². The summed E-state index contributed by atoms with van der Waals surface area (Å²) in [5.41, 5.74) is 10.7. The van der Waals surface area contributed by atoms with E-state index in [4.69, 9.17) is 10.8 Å². The van der Waals surface area contributed by atoms with Crippen LogP contribution in [-0.4, -0.2) is 11.7 Å². The molecule has 1 atom stereocenters. The quantitative estimate of drug-likeness (QED) is 0.899. The Hall–Kier alpha value is -1.35. The Morgan fingerprint density at radius 1 is 1.05 bits per heavy atom. The molecule has 0 bridgehead atoms. The first-order valence-corrected chi connectivity index (χ1v) is 6.24. The molecule has 0 heterocycles. The van der Waals surface area contributed by atoms with Gasteiger partial charge in [0.15, 0.2) is 0 Å². The van der Waals surface area contributed by atoms with Gasteiger partial charge in [0.1, 0.15) is 0 Å². The van der Waals surface area contributed by atoms with Crippen molar-refractivity contribution in [2.24, 2.45) is 5.73 Å². The topological polar surface area (TPSA) is 46.2 Å². The molecule has 0 aromatic heterocycles. The second-order valence-corrected chi connectivity index (χ2v) is 4.61. The van der Waals surface area contributed by atoms with E-state index in [0.717, 1.165) is 5.56 Å². The fourth-order valence-electron chi connectivity index (χ4n) is 2.00. The maximum absolute atomic E-state index is 8.93. The van der Waals surface area contributed by atoms with Crippen LogP contribution in [0.2, 0.25) is 0 Å². The van der Waals surface area contributed by atoms with Crippen molar-refractivity contribution in [3.05, 3.63) is 59.7 Å². The van der Waals surface area contributed by atoms with E-state index in [1.165, 1.54) is 16.7 Å². The standard InChI is InChI=1S/C16H19NO.ClH/c1-12-5-7-13(8-6-12)14-3-2-4-15(11-14)16(17)9-10-18;/h2-8,11,16,18H,9-10,17H2,1H3;1H. The van der Waals surface area contributed by atoms with E-state index < -0.39 is 0 Å². The Morgan fingerprint density at radius 2 is 1.74 bits per heavy atom. The molecule has 19 heavy (non-hydrogen) atoms. The molecule has 0 aliphatic heterocycles. The zero-order valence-corrected chi connectivity index (χ0v) is 11.9. The van der Waals surface area contributed by atoms with Crippen LogP contribution >= 0.6 is 12.4 Å². The summed E-state index contributed by atoms with van der Waals surface area (Å²) in [7, 11) is 0. The Kier molecular flexibility index (Phi) is 6.03. The van der Waals surface area contributed by atoms with Gasteiger partial charge in [-0.1, -0.05) is 48.0 Å². The van der Waals surface area contributed by atoms with Gasteiger partial charge in [-0.2, -0.15) is 0 Å². The van der Waals surface area contributed by atoms with Crippen molar-refractivity contribution < 1.29 is 5.11 Å². The van der Waals surface area contributed by atoms with Crippen LogP contribution in [0, 0.1) is 6.92 Å². The van der Waals surface area contributed by atoms with Crippen LogP contribution in [0.25, 0.3) is 11.1 Å². The summed E-state index contributed by atoms with van der Waals surface area (Å²) in [5, 5.41) is 8.93. The first-order chi connectivity index (χ1) is 8.70. The zero-order chi connectivity index (χ0) is 13.0. The first kappa shape index (κ1) is 15.7. The fourth-order valence-corrected chi connectivity index (χ4v) is 2.00. The van der Waals surface area contributed by atoms with Gasteiger partial charge in [0.05, 0.1) is 0 Å². The normalized spacial score (nSPS) is 11.7. The lowest BCUT2D eigenvalue weighted by molar-refractivity contribution is 0.276. The number of hydrogen-bond acceptors (Lipinski definition) is 2. The lowest BCUT2D eigenvalue weighted by Gasteiger charge is -2.12. The highest BCUT2D eigenvalue weighted by atomic mass is 35.5. The molecule has 0 spiro atoms. The minimum absolute atomic E-state index is 0. The van der Waals surface area contributed by atoms with Crippen molar-refractivity contribution in [2.45, 2.75) is 19.4 Å². The molecule has 1 unspecified atom stereocenters. The lowest BCUT2D eigenvalue weighted by Crippen LogP contribution is -2.11. The van der Waals surface area contributed by atoms with Gasteiger partial charge in [0.25, 0.3) is 0 Å². The number of rotatable bonds is 4. The van der Waals surface area contributed by atoms with E-state index in [0.29, 0.717) is 6.42 Å². The minimum Gasteiger partial charge on any atom is -0.396 e. The molecule has 102 valence electrons. The molecule has 0 saturated carbocycles. The highest BCUT2D eigenvalue weighted by molar-refractivity contribution is 5.85. The van der Waals surface area contributed by atoms with Crippen molar-refractivity contribution in [3.8, 4) is 11.1 Å². The largest absolute Gasteiger partial charge is 0.396 e. The Balaban J connectivity index is 0.00000180. The molecule has 0 saturated heterocycles. The molecular formula is C16H20ClNO. The van der Waals surface area contributed by atoms with Crippen LogP contribution in [0.3, 0.4) is 0 Å². The molecule has 0 aliphatic carbocycles. The molecular weight excluding hydrogens is 258 g/mol. The Morgan fingerprint density at radius 3 is 2.37 bits per heavy atom. The summed E-state index contributed by atoms with van der Waals surface area (Å²) in [6, 6.07) is 16.6. The van der Waals surface area contributed by atoms with E-state index in [2.05, 4.69) is 43.3 Å². The number of benzene rings is 2. The molecule has 3 heteroatoms. The minimum atomic E-state index is -0.0969. The van der Waals surface area contributed by atoms with Crippen LogP contribution in [0.15, 0.2) is 48.5 Å². The third-order valence-corrected chi connectivity index (χ3v) is 3.14. The van der Waals surface area contributed by atoms with Gasteiger partial charge in [0.2, 0.25) is 0 Å². The third kappa shape index (κ3) is 4.06. The van der Waals surface area contributed by atoms with Gasteiger partial charge in [-0.3, -0.25) is 0 Å². The monoisotopic (exact) mass is 277 g/mol. The smallest absolute Gasteiger partial charge is 0.0449 e. The second kappa shape index (κ2) is 7.29. The van der Waals surface area contributed by atoms with Crippen LogP contribution in [0.1, 0.15) is 23.6 Å². The summed E-state index contributed by atoms with van der Waals surface area (Å²) in [6.45, 7) is 2.20. The summed E-state index contributed by atoms with van der Waals surface area (Å²) in [4.78, 5) is 0. The Bertz CT molecular complexity index is 510. The van der Waals surface area contributed by atoms with Crippen LogP contribution < -0.4 is 5.73 Å². The molecule has 0 fully saturated rings. The van der Waals surface area contributed by atoms with E-state index in [9.17, 15) is 0 Å². The highest BCUT2D eigenvalue weighted by Gasteiger charge is 2.06. The maximum atomic E-state index is 8.93. The number of aliphatic hydroxyl groups excluding tert-OH is 1. The zero-order valence-electron chi connectivity index (χ0n) is 11.0. The summed E-state index contributed by atoms with van der Waals surface area (Å²) in [5.74, 6) is 0. The SMILES string of the molecule is Cc1ccc(-c2cccc(C(N)CCO)c2)cc1.Cl. The average molecular weight is 278 g/mol. The molecule has 2 aromatic rings. The van der Waals surface area contributed by atoms with Gasteiger partial charge >= 0.3 is 0 Å². The average Bonchev–Trinajstić information content (AvgIpc) is 2.40. The van der Waals surface area contributed by atoms with Gasteiger partial charge in [-0.05, 0) is 36.1 Å². The first-order valence-electron chi connectivity index (χ1n) is 6.24. The van der Waals surface area contributed by atoms with Crippen LogP contribution in [0.5, 0.6) is 0 Å². The maximum Gasteiger partial charge on any atom is 0.0449 e. The van der Waals surface area contributed by atoms with Crippen molar-refractivity contribution in [3.63, 3.8) is 0 Å². The molecule has 0 radical (unpaired) electrons. The Labute approximate surface area is 120 Å². The number of hydrogen-bond donors (Lipinski definition) is 2. The molecule has 2 nitrogen and oxygen atoms in total. The van der Waals surface area contributed by atoms with E-state index >= 15 is 0 Å². The summed E-state index contributed by atoms with van der Waals surface area (Å²) < 4.78 is 0. The lowest BCUT2D eigenvalue weighted by atomic mass is 9.98. The molecule has 2 aromatic carbocycles. The van der Waals surface area contributed by atoms with Crippen LogP contribution in [0.4, 0.5) is 0 Å². The third-order valence-electron chi connectivity index (χ3n) is 3.14. The molecule has 3 N–H and O–H groups in total. The molecule has 0 aliphatic rings. The number of halogens is 1. The number of aryl methyl sites for hydroxylation is 1. The molecule has 2 rings (SSSR count). The predicted octanol–water partition coefficient (Wildman–Crippen LogP) is 3.47. The summed E-state index contributed by atoms with van der Waals surface area (Å²) in [6.07, 6.45) is 0.595.